The van der Waals surface area contributed by atoms with E-state index in [9.17, 15) is 14.7 Å². The standard InChI is InChI=1S/C24H44O5/c1-5-8-9-10-11-12-13-14-15-16-17-24(27)28-20(4)18-22(19-21(25)6-2)29-23(26)7-3/h7,20-22,25H,3,5-6,8-19H2,1-2,4H3. The molecule has 1 N–H and O–H groups in total. The van der Waals surface area contributed by atoms with Crippen LogP contribution in [0, 0.1) is 0 Å². The lowest BCUT2D eigenvalue weighted by atomic mass is 10.0. The van der Waals surface area contributed by atoms with Crippen molar-refractivity contribution in [2.24, 2.45) is 0 Å². The second-order valence-corrected chi connectivity index (χ2v) is 8.03. The molecule has 5 heteroatoms. The van der Waals surface area contributed by atoms with Crippen LogP contribution in [0.3, 0.4) is 0 Å². The minimum atomic E-state index is -0.549. The van der Waals surface area contributed by atoms with Crippen LogP contribution in [0.2, 0.25) is 0 Å². The average molecular weight is 413 g/mol. The summed E-state index contributed by atoms with van der Waals surface area (Å²) in [5, 5.41) is 9.84. The first-order chi connectivity index (χ1) is 13.9. The Morgan fingerprint density at radius 3 is 1.97 bits per heavy atom. The molecule has 0 rings (SSSR count). The summed E-state index contributed by atoms with van der Waals surface area (Å²) in [6.45, 7) is 9.29. The largest absolute Gasteiger partial charge is 0.463 e. The Kier molecular flexibility index (Phi) is 17.8. The van der Waals surface area contributed by atoms with Crippen molar-refractivity contribution in [3.8, 4) is 0 Å². The van der Waals surface area contributed by atoms with Crippen LogP contribution in [0.4, 0.5) is 0 Å². The van der Waals surface area contributed by atoms with E-state index in [0.717, 1.165) is 18.9 Å². The average Bonchev–Trinajstić information content (AvgIpc) is 2.68. The molecule has 0 bridgehead atoms. The third kappa shape index (κ3) is 17.2. The molecule has 0 aliphatic heterocycles. The summed E-state index contributed by atoms with van der Waals surface area (Å²) in [4.78, 5) is 23.5. The van der Waals surface area contributed by atoms with Gasteiger partial charge in [-0.25, -0.2) is 4.79 Å². The normalized spacial score (nSPS) is 14.1. The van der Waals surface area contributed by atoms with Gasteiger partial charge in [-0.05, 0) is 19.8 Å². The second-order valence-electron chi connectivity index (χ2n) is 8.03. The topological polar surface area (TPSA) is 72.8 Å². The zero-order valence-electron chi connectivity index (χ0n) is 19.0. The van der Waals surface area contributed by atoms with Crippen molar-refractivity contribution in [1.29, 1.82) is 0 Å². The summed E-state index contributed by atoms with van der Waals surface area (Å²) in [7, 11) is 0. The highest BCUT2D eigenvalue weighted by Crippen LogP contribution is 2.16. The van der Waals surface area contributed by atoms with Crippen LogP contribution in [0.15, 0.2) is 12.7 Å². The van der Waals surface area contributed by atoms with Crippen LogP contribution >= 0.6 is 0 Å². The molecule has 0 aromatic carbocycles. The molecule has 0 aromatic heterocycles. The van der Waals surface area contributed by atoms with Crippen molar-refractivity contribution in [2.45, 2.75) is 129 Å². The van der Waals surface area contributed by atoms with E-state index in [4.69, 9.17) is 9.47 Å². The lowest BCUT2D eigenvalue weighted by Crippen LogP contribution is -2.28. The maximum Gasteiger partial charge on any atom is 0.330 e. The number of aliphatic hydroxyl groups is 1. The monoisotopic (exact) mass is 412 g/mol. The third-order valence-electron chi connectivity index (χ3n) is 5.12. The number of unbranched alkanes of at least 4 members (excludes halogenated alkanes) is 9. The Morgan fingerprint density at radius 1 is 0.897 bits per heavy atom. The highest BCUT2D eigenvalue weighted by atomic mass is 16.6. The molecule has 0 saturated carbocycles. The number of ether oxygens (including phenoxy) is 2. The molecule has 0 aliphatic rings. The highest BCUT2D eigenvalue weighted by Gasteiger charge is 2.21. The number of esters is 2. The van der Waals surface area contributed by atoms with Gasteiger partial charge in [0.15, 0.2) is 0 Å². The SMILES string of the molecule is C=CC(=O)OC(CC(O)CC)CC(C)OC(=O)CCCCCCCCCCCC. The summed E-state index contributed by atoms with van der Waals surface area (Å²) in [5.74, 6) is -0.732. The first-order valence-corrected chi connectivity index (χ1v) is 11.6. The molecule has 0 radical (unpaired) electrons. The lowest BCUT2D eigenvalue weighted by Gasteiger charge is -2.23. The molecule has 170 valence electrons. The fourth-order valence-electron chi connectivity index (χ4n) is 3.33. The highest BCUT2D eigenvalue weighted by molar-refractivity contribution is 5.81. The molecule has 0 aromatic rings. The van der Waals surface area contributed by atoms with Crippen molar-refractivity contribution < 1.29 is 24.2 Å². The number of rotatable bonds is 19. The van der Waals surface area contributed by atoms with Crippen LogP contribution in [0.25, 0.3) is 0 Å². The van der Waals surface area contributed by atoms with Crippen molar-refractivity contribution in [3.63, 3.8) is 0 Å². The molecule has 0 heterocycles. The number of hydrogen-bond acceptors (Lipinski definition) is 5. The zero-order valence-corrected chi connectivity index (χ0v) is 19.0. The maximum atomic E-state index is 12.0. The van der Waals surface area contributed by atoms with Crippen LogP contribution in [0.5, 0.6) is 0 Å². The van der Waals surface area contributed by atoms with Gasteiger partial charge >= 0.3 is 11.9 Å². The summed E-state index contributed by atoms with van der Waals surface area (Å²) >= 11 is 0. The Morgan fingerprint density at radius 2 is 1.45 bits per heavy atom. The smallest absolute Gasteiger partial charge is 0.330 e. The van der Waals surface area contributed by atoms with E-state index < -0.39 is 18.2 Å². The fraction of sp³-hybridized carbons (Fsp3) is 0.833. The number of hydrogen-bond donors (Lipinski definition) is 1. The van der Waals surface area contributed by atoms with Crippen molar-refractivity contribution in [2.75, 3.05) is 0 Å². The molecule has 3 unspecified atom stereocenters. The van der Waals surface area contributed by atoms with E-state index in [0.29, 0.717) is 25.7 Å². The van der Waals surface area contributed by atoms with Gasteiger partial charge in [-0.15, -0.1) is 0 Å². The van der Waals surface area contributed by atoms with Crippen molar-refractivity contribution in [1.82, 2.24) is 0 Å². The van der Waals surface area contributed by atoms with E-state index >= 15 is 0 Å². The first-order valence-electron chi connectivity index (χ1n) is 11.6. The maximum absolute atomic E-state index is 12.0. The molecule has 0 fully saturated rings. The molecule has 0 aliphatic carbocycles. The predicted octanol–water partition coefficient (Wildman–Crippen LogP) is 5.88. The van der Waals surface area contributed by atoms with Gasteiger partial charge in [-0.3, -0.25) is 4.79 Å². The Labute approximate surface area is 178 Å². The predicted molar refractivity (Wildman–Crippen MR) is 118 cm³/mol. The molecule has 0 amide bonds. The van der Waals surface area contributed by atoms with Gasteiger partial charge in [0.1, 0.15) is 12.2 Å². The van der Waals surface area contributed by atoms with E-state index in [1.54, 1.807) is 6.92 Å². The Hall–Kier alpha value is -1.36. The molecule has 0 spiro atoms. The summed E-state index contributed by atoms with van der Waals surface area (Å²) in [6.07, 6.45) is 13.7. The van der Waals surface area contributed by atoms with Crippen LogP contribution in [0.1, 0.15) is 111 Å². The molecule has 5 nitrogen and oxygen atoms in total. The van der Waals surface area contributed by atoms with E-state index in [1.807, 2.05) is 6.92 Å². The first kappa shape index (κ1) is 27.6. The fourth-order valence-corrected chi connectivity index (χ4v) is 3.33. The quantitative estimate of drug-likeness (QED) is 0.163. The van der Waals surface area contributed by atoms with E-state index in [1.165, 1.54) is 51.4 Å². The molecule has 29 heavy (non-hydrogen) atoms. The van der Waals surface area contributed by atoms with Gasteiger partial charge in [-0.2, -0.15) is 0 Å². The third-order valence-corrected chi connectivity index (χ3v) is 5.12. The van der Waals surface area contributed by atoms with Gasteiger partial charge in [0.2, 0.25) is 0 Å². The minimum absolute atomic E-state index is 0.207. The van der Waals surface area contributed by atoms with Crippen molar-refractivity contribution in [3.05, 3.63) is 12.7 Å². The van der Waals surface area contributed by atoms with E-state index in [-0.39, 0.29) is 12.1 Å². The van der Waals surface area contributed by atoms with Gasteiger partial charge in [0.05, 0.1) is 6.10 Å². The Balaban J connectivity index is 3.94. The van der Waals surface area contributed by atoms with Gasteiger partial charge < -0.3 is 14.6 Å². The van der Waals surface area contributed by atoms with Crippen LogP contribution < -0.4 is 0 Å². The molecule has 0 saturated heterocycles. The Bertz CT molecular complexity index is 435. The summed E-state index contributed by atoms with van der Waals surface area (Å²) in [5.41, 5.74) is 0. The van der Waals surface area contributed by atoms with Crippen molar-refractivity contribution >= 4 is 11.9 Å². The van der Waals surface area contributed by atoms with Gasteiger partial charge in [-0.1, -0.05) is 78.2 Å². The van der Waals surface area contributed by atoms with Crippen LogP contribution in [-0.4, -0.2) is 35.4 Å². The van der Waals surface area contributed by atoms with Crippen LogP contribution in [-0.2, 0) is 19.1 Å². The lowest BCUT2D eigenvalue weighted by molar-refractivity contribution is -0.153. The van der Waals surface area contributed by atoms with E-state index in [2.05, 4.69) is 13.5 Å². The number of aliphatic hydroxyl groups excluding tert-OH is 1. The molecular formula is C24H44O5. The summed E-state index contributed by atoms with van der Waals surface area (Å²) < 4.78 is 10.7. The second kappa shape index (κ2) is 18.7. The number of carbonyl (C=O) groups is 2. The van der Waals surface area contributed by atoms with Gasteiger partial charge in [0, 0.05) is 25.3 Å². The number of carbonyl (C=O) groups excluding carboxylic acids is 2. The minimum Gasteiger partial charge on any atom is -0.463 e. The molecule has 3 atom stereocenters. The molecular weight excluding hydrogens is 368 g/mol. The van der Waals surface area contributed by atoms with Gasteiger partial charge in [0.25, 0.3) is 0 Å². The zero-order chi connectivity index (χ0) is 21.9. The summed E-state index contributed by atoms with van der Waals surface area (Å²) in [6, 6.07) is 0.